The maximum absolute atomic E-state index is 5.67. The Morgan fingerprint density at radius 2 is 2.36 bits per heavy atom. The molecule has 14 heavy (non-hydrogen) atoms. The zero-order valence-corrected chi connectivity index (χ0v) is 7.47. The van der Waals surface area contributed by atoms with Crippen LogP contribution in [0.4, 0.5) is 5.69 Å². The average molecular weight is 187 g/mol. The summed E-state index contributed by atoms with van der Waals surface area (Å²) in [4.78, 5) is 4.08. The number of aromatic nitrogens is 2. The van der Waals surface area contributed by atoms with Crippen LogP contribution < -0.4 is 10.5 Å². The van der Waals surface area contributed by atoms with Crippen LogP contribution in [0.15, 0.2) is 30.7 Å². The van der Waals surface area contributed by atoms with E-state index in [1.165, 1.54) is 0 Å². The molecule has 0 amide bonds. The highest BCUT2D eigenvalue weighted by molar-refractivity contribution is 5.57. The Bertz CT molecular complexity index is 490. The Balaban J connectivity index is 2.26. The number of fused-ring (bicyclic) bond motifs is 3. The molecule has 4 nitrogen and oxygen atoms in total. The molecule has 70 valence electrons. The van der Waals surface area contributed by atoms with Crippen molar-refractivity contribution in [3.63, 3.8) is 0 Å². The predicted octanol–water partition coefficient (Wildman–Crippen LogP) is 1.35. The van der Waals surface area contributed by atoms with Gasteiger partial charge in [-0.2, -0.15) is 0 Å². The minimum atomic E-state index is 0.552. The number of benzene rings is 1. The lowest BCUT2D eigenvalue weighted by Crippen LogP contribution is -2.11. The van der Waals surface area contributed by atoms with Crippen molar-refractivity contribution in [2.75, 3.05) is 5.73 Å². The number of nitrogens with zero attached hydrogens (tertiary/aromatic N) is 2. The molecule has 0 saturated carbocycles. The summed E-state index contributed by atoms with van der Waals surface area (Å²) < 4.78 is 7.56. The molecule has 0 spiro atoms. The van der Waals surface area contributed by atoms with Gasteiger partial charge in [-0.25, -0.2) is 4.98 Å². The molecule has 1 aliphatic rings. The fraction of sp³-hybridized carbons (Fsp3) is 0.100. The zero-order chi connectivity index (χ0) is 9.54. The second kappa shape index (κ2) is 2.51. The van der Waals surface area contributed by atoms with Crippen LogP contribution in [0.25, 0.3) is 5.69 Å². The summed E-state index contributed by atoms with van der Waals surface area (Å²) in [6.45, 7) is 0.552. The lowest BCUT2D eigenvalue weighted by atomic mass is 10.2. The van der Waals surface area contributed by atoms with Gasteiger partial charge in [0.1, 0.15) is 12.4 Å². The average Bonchev–Trinajstić information content (AvgIpc) is 2.65. The molecule has 0 aliphatic carbocycles. The van der Waals surface area contributed by atoms with Gasteiger partial charge < -0.3 is 10.5 Å². The lowest BCUT2D eigenvalue weighted by molar-refractivity contribution is 0.285. The molecule has 0 unspecified atom stereocenters. The number of hydrogen-bond donors (Lipinski definition) is 1. The van der Waals surface area contributed by atoms with Crippen molar-refractivity contribution in [2.24, 2.45) is 0 Å². The molecule has 2 heterocycles. The van der Waals surface area contributed by atoms with Gasteiger partial charge >= 0.3 is 0 Å². The Hall–Kier alpha value is -1.97. The van der Waals surface area contributed by atoms with Gasteiger partial charge in [0, 0.05) is 11.8 Å². The van der Waals surface area contributed by atoms with E-state index in [0.29, 0.717) is 12.3 Å². The summed E-state index contributed by atoms with van der Waals surface area (Å²) in [5.41, 5.74) is 8.44. The molecule has 4 heteroatoms. The van der Waals surface area contributed by atoms with Crippen LogP contribution in [0.2, 0.25) is 0 Å². The van der Waals surface area contributed by atoms with Gasteiger partial charge in [0.25, 0.3) is 0 Å². The lowest BCUT2D eigenvalue weighted by Gasteiger charge is -2.19. The second-order valence-electron chi connectivity index (χ2n) is 3.27. The van der Waals surface area contributed by atoms with Crippen LogP contribution in [-0.4, -0.2) is 9.55 Å². The predicted molar refractivity (Wildman–Crippen MR) is 52.3 cm³/mol. The third-order valence-corrected chi connectivity index (χ3v) is 2.33. The summed E-state index contributed by atoms with van der Waals surface area (Å²) in [5.74, 6) is 0.815. The van der Waals surface area contributed by atoms with Crippen LogP contribution in [-0.2, 0) is 6.61 Å². The number of nitrogen functional groups attached to an aromatic ring is 1. The number of nitrogens with two attached hydrogens (primary N) is 1. The quantitative estimate of drug-likeness (QED) is 0.633. The number of anilines is 1. The topological polar surface area (TPSA) is 53.1 Å². The standard InChI is InChI=1S/C10H9N3O/c11-7-1-2-9-10(3-7)14-5-8-4-12-6-13(8)9/h1-4,6H,5,11H2. The summed E-state index contributed by atoms with van der Waals surface area (Å²) in [6, 6.07) is 5.63. The molecule has 2 aromatic rings. The SMILES string of the molecule is Nc1ccc2c(c1)OCc1cncn1-2. The van der Waals surface area contributed by atoms with E-state index in [9.17, 15) is 0 Å². The number of hydrogen-bond acceptors (Lipinski definition) is 3. The highest BCUT2D eigenvalue weighted by Crippen LogP contribution is 2.30. The first-order valence-corrected chi connectivity index (χ1v) is 4.38. The third kappa shape index (κ3) is 0.907. The molecule has 0 radical (unpaired) electrons. The highest BCUT2D eigenvalue weighted by atomic mass is 16.5. The summed E-state index contributed by atoms with van der Waals surface area (Å²) in [6.07, 6.45) is 3.59. The minimum absolute atomic E-state index is 0.552. The molecule has 1 aromatic carbocycles. The Morgan fingerprint density at radius 1 is 1.43 bits per heavy atom. The zero-order valence-electron chi connectivity index (χ0n) is 7.47. The maximum Gasteiger partial charge on any atom is 0.145 e. The molecule has 1 aliphatic heterocycles. The molecule has 0 fully saturated rings. The van der Waals surface area contributed by atoms with E-state index < -0.39 is 0 Å². The molecule has 0 saturated heterocycles. The van der Waals surface area contributed by atoms with Crippen LogP contribution in [0.5, 0.6) is 5.75 Å². The molecular formula is C10H9N3O. The number of imidazole rings is 1. The smallest absolute Gasteiger partial charge is 0.145 e. The molecule has 0 bridgehead atoms. The summed E-state index contributed by atoms with van der Waals surface area (Å²) in [7, 11) is 0. The fourth-order valence-electron chi connectivity index (χ4n) is 1.64. The van der Waals surface area contributed by atoms with Crippen molar-refractivity contribution >= 4 is 5.69 Å². The Labute approximate surface area is 80.9 Å². The molecule has 2 N–H and O–H groups in total. The molecule has 0 atom stereocenters. The van der Waals surface area contributed by atoms with Crippen molar-refractivity contribution < 1.29 is 4.74 Å². The van der Waals surface area contributed by atoms with E-state index in [1.54, 1.807) is 12.5 Å². The fourth-order valence-corrected chi connectivity index (χ4v) is 1.64. The van der Waals surface area contributed by atoms with Gasteiger partial charge in [-0.1, -0.05) is 0 Å². The third-order valence-electron chi connectivity index (χ3n) is 2.33. The number of ether oxygens (including phenoxy) is 1. The largest absolute Gasteiger partial charge is 0.485 e. The first-order valence-electron chi connectivity index (χ1n) is 4.38. The van der Waals surface area contributed by atoms with E-state index >= 15 is 0 Å². The van der Waals surface area contributed by atoms with Gasteiger partial charge in [0.2, 0.25) is 0 Å². The first-order chi connectivity index (χ1) is 6.84. The monoisotopic (exact) mass is 187 g/mol. The first kappa shape index (κ1) is 7.44. The van der Waals surface area contributed by atoms with Crippen molar-refractivity contribution in [3.05, 3.63) is 36.4 Å². The van der Waals surface area contributed by atoms with Gasteiger partial charge in [-0.3, -0.25) is 4.57 Å². The van der Waals surface area contributed by atoms with Gasteiger partial charge in [0.05, 0.1) is 23.9 Å². The molecule has 1 aromatic heterocycles. The van der Waals surface area contributed by atoms with Crippen molar-refractivity contribution in [2.45, 2.75) is 6.61 Å². The van der Waals surface area contributed by atoms with Crippen LogP contribution in [0, 0.1) is 0 Å². The van der Waals surface area contributed by atoms with Crippen LogP contribution in [0.3, 0.4) is 0 Å². The van der Waals surface area contributed by atoms with E-state index in [0.717, 1.165) is 17.1 Å². The van der Waals surface area contributed by atoms with Crippen LogP contribution in [0.1, 0.15) is 5.69 Å². The van der Waals surface area contributed by atoms with Gasteiger partial charge in [-0.05, 0) is 12.1 Å². The van der Waals surface area contributed by atoms with Gasteiger partial charge in [-0.15, -0.1) is 0 Å². The summed E-state index contributed by atoms with van der Waals surface area (Å²) in [5, 5.41) is 0. The minimum Gasteiger partial charge on any atom is -0.485 e. The van der Waals surface area contributed by atoms with E-state index in [4.69, 9.17) is 10.5 Å². The normalized spacial score (nSPS) is 12.9. The van der Waals surface area contributed by atoms with Gasteiger partial charge in [0.15, 0.2) is 0 Å². The highest BCUT2D eigenvalue weighted by Gasteiger charge is 2.16. The van der Waals surface area contributed by atoms with Crippen LogP contribution >= 0.6 is 0 Å². The maximum atomic E-state index is 5.67. The van der Waals surface area contributed by atoms with Crippen molar-refractivity contribution in [3.8, 4) is 11.4 Å². The van der Waals surface area contributed by atoms with Crippen molar-refractivity contribution in [1.29, 1.82) is 0 Å². The Kier molecular flexibility index (Phi) is 1.33. The van der Waals surface area contributed by atoms with E-state index in [-0.39, 0.29) is 0 Å². The summed E-state index contributed by atoms with van der Waals surface area (Å²) >= 11 is 0. The number of rotatable bonds is 0. The van der Waals surface area contributed by atoms with E-state index in [1.807, 2.05) is 22.8 Å². The molecule has 3 rings (SSSR count). The Morgan fingerprint density at radius 3 is 3.29 bits per heavy atom. The second-order valence-corrected chi connectivity index (χ2v) is 3.27. The molecular weight excluding hydrogens is 178 g/mol. The van der Waals surface area contributed by atoms with E-state index in [2.05, 4.69) is 4.98 Å². The van der Waals surface area contributed by atoms with Crippen molar-refractivity contribution in [1.82, 2.24) is 9.55 Å².